The molecule has 2 aromatic rings. The fraction of sp³-hybridized carbons (Fsp3) is 0.429. The van der Waals surface area contributed by atoms with Gasteiger partial charge in [0.25, 0.3) is 8.32 Å². The van der Waals surface area contributed by atoms with Crippen LogP contribution in [0.15, 0.2) is 77.5 Å². The number of rotatable bonds is 8. The molecule has 4 atom stereocenters. The highest BCUT2D eigenvalue weighted by Gasteiger charge is 2.57. The van der Waals surface area contributed by atoms with Gasteiger partial charge in [0.05, 0.1) is 12.8 Å². The van der Waals surface area contributed by atoms with Gasteiger partial charge in [0.2, 0.25) is 0 Å². The first kappa shape index (κ1) is 27.2. The van der Waals surface area contributed by atoms with Crippen molar-refractivity contribution < 1.29 is 33.7 Å². The molecule has 0 bridgehead atoms. The van der Waals surface area contributed by atoms with Gasteiger partial charge in [-0.3, -0.25) is 0 Å². The molecular weight excluding hydrogens is 490 g/mol. The summed E-state index contributed by atoms with van der Waals surface area (Å²) in [5.41, 5.74) is 0.180. The number of carboxylic acids is 1. The highest BCUT2D eigenvalue weighted by molar-refractivity contribution is 6.99. The summed E-state index contributed by atoms with van der Waals surface area (Å²) in [4.78, 5) is 11.5. The first-order valence-corrected chi connectivity index (χ1v) is 14.3. The highest BCUT2D eigenvalue weighted by atomic mass is 28.4. The van der Waals surface area contributed by atoms with Crippen LogP contribution in [0.4, 0.5) is 0 Å². The van der Waals surface area contributed by atoms with Crippen LogP contribution in [-0.2, 0) is 23.4 Å². The average molecular weight is 526 g/mol. The second kappa shape index (κ2) is 10.5. The quantitative estimate of drug-likeness (QED) is 0.179. The number of fused-ring (bicyclic) bond motifs is 1. The Hall–Kier alpha value is -2.82. The molecule has 0 unspecified atom stereocenters. The third-order valence-corrected chi connectivity index (χ3v) is 11.9. The van der Waals surface area contributed by atoms with Gasteiger partial charge in [-0.05, 0) is 29.3 Å². The van der Waals surface area contributed by atoms with Gasteiger partial charge in [-0.2, -0.15) is 0 Å². The molecule has 2 N–H and O–H groups in total. The van der Waals surface area contributed by atoms with Gasteiger partial charge >= 0.3 is 5.97 Å². The Morgan fingerprint density at radius 2 is 1.57 bits per heavy atom. The van der Waals surface area contributed by atoms with Crippen molar-refractivity contribution in [2.45, 2.75) is 69.9 Å². The standard InChI is InChI=1S/C28H35NO7Si/c1-27(2,3)37(20-12-8-6-9-13-20,21-14-10-7-11-15-21)33-18-22-25-26(36-28(4,5)35-25)24(34-22)19(17-29-32)16-23(30)31/h6-17,22,24-26,32H,18H2,1-5H3,(H,30,31)/b19-16+,29-17+/t22-,24+,25-,26+/m1/s1. The summed E-state index contributed by atoms with van der Waals surface area (Å²) in [5, 5.41) is 23.6. The molecule has 198 valence electrons. The van der Waals surface area contributed by atoms with Crippen LogP contribution in [0.3, 0.4) is 0 Å². The zero-order valence-electron chi connectivity index (χ0n) is 21.8. The van der Waals surface area contributed by atoms with Crippen LogP contribution in [-0.4, -0.2) is 67.6 Å². The van der Waals surface area contributed by atoms with Crippen molar-refractivity contribution in [3.63, 3.8) is 0 Å². The SMILES string of the molecule is CC1(C)O[C@@H]2[C@H](O1)[C@@H](CO[Si](c1ccccc1)(c1ccccc1)C(C)(C)C)O[C@H]2C(/C=N/O)=C/C(=O)O. The van der Waals surface area contributed by atoms with Crippen molar-refractivity contribution in [2.75, 3.05) is 6.61 Å². The monoisotopic (exact) mass is 525 g/mol. The Labute approximate surface area is 218 Å². The van der Waals surface area contributed by atoms with Crippen molar-refractivity contribution in [3.05, 3.63) is 72.3 Å². The summed E-state index contributed by atoms with van der Waals surface area (Å²) in [5.74, 6) is -2.07. The summed E-state index contributed by atoms with van der Waals surface area (Å²) in [6, 6.07) is 20.6. The summed E-state index contributed by atoms with van der Waals surface area (Å²) in [7, 11) is -2.84. The van der Waals surface area contributed by atoms with Gasteiger partial charge < -0.3 is 29.0 Å². The lowest BCUT2D eigenvalue weighted by atomic mass is 10.0. The topological polar surface area (TPSA) is 107 Å². The maximum absolute atomic E-state index is 11.5. The van der Waals surface area contributed by atoms with Crippen molar-refractivity contribution in [1.82, 2.24) is 0 Å². The molecule has 2 fully saturated rings. The minimum absolute atomic E-state index is 0.180. The molecule has 2 aromatic carbocycles. The number of oxime groups is 1. The maximum atomic E-state index is 11.5. The van der Waals surface area contributed by atoms with Crippen molar-refractivity contribution in [3.8, 4) is 0 Å². The maximum Gasteiger partial charge on any atom is 0.328 e. The number of aliphatic carboxylic acids is 1. The van der Waals surface area contributed by atoms with Gasteiger partial charge in [0.15, 0.2) is 5.79 Å². The second-order valence-electron chi connectivity index (χ2n) is 10.9. The Morgan fingerprint density at radius 1 is 1.03 bits per heavy atom. The summed E-state index contributed by atoms with van der Waals surface area (Å²) < 4.78 is 25.7. The van der Waals surface area contributed by atoms with Gasteiger partial charge in [-0.1, -0.05) is 86.6 Å². The van der Waals surface area contributed by atoms with Crippen LogP contribution in [0.1, 0.15) is 34.6 Å². The van der Waals surface area contributed by atoms with E-state index in [9.17, 15) is 9.90 Å². The zero-order chi connectivity index (χ0) is 26.8. The van der Waals surface area contributed by atoms with Gasteiger partial charge in [-0.25, -0.2) is 4.79 Å². The lowest BCUT2D eigenvalue weighted by Crippen LogP contribution is -2.67. The van der Waals surface area contributed by atoms with Crippen molar-refractivity contribution in [2.24, 2.45) is 5.16 Å². The van der Waals surface area contributed by atoms with E-state index in [0.29, 0.717) is 0 Å². The van der Waals surface area contributed by atoms with Crippen molar-refractivity contribution in [1.29, 1.82) is 0 Å². The first-order chi connectivity index (χ1) is 17.5. The number of hydrogen-bond donors (Lipinski definition) is 2. The summed E-state index contributed by atoms with van der Waals surface area (Å²) in [6.07, 6.45) is -0.402. The Balaban J connectivity index is 1.72. The third kappa shape index (κ3) is 5.41. The van der Waals surface area contributed by atoms with E-state index < -0.39 is 44.5 Å². The minimum atomic E-state index is -2.84. The van der Waals surface area contributed by atoms with E-state index in [1.165, 1.54) is 0 Å². The van der Waals surface area contributed by atoms with Crippen LogP contribution < -0.4 is 10.4 Å². The zero-order valence-corrected chi connectivity index (χ0v) is 22.8. The lowest BCUT2D eigenvalue weighted by Gasteiger charge is -2.43. The van der Waals surface area contributed by atoms with Gasteiger partial charge in [0.1, 0.15) is 24.4 Å². The Kier molecular flexibility index (Phi) is 7.73. The molecule has 4 rings (SSSR count). The van der Waals surface area contributed by atoms with Crippen LogP contribution in [0.2, 0.25) is 5.04 Å². The third-order valence-electron chi connectivity index (χ3n) is 6.86. The molecule has 2 aliphatic heterocycles. The Bertz CT molecular complexity index is 1100. The van der Waals surface area contributed by atoms with E-state index in [2.05, 4.69) is 50.2 Å². The average Bonchev–Trinajstić information content (AvgIpc) is 3.32. The van der Waals surface area contributed by atoms with E-state index in [4.69, 9.17) is 23.8 Å². The second-order valence-corrected chi connectivity index (χ2v) is 15.2. The Morgan fingerprint density at radius 3 is 2.05 bits per heavy atom. The normalized spacial score (nSPS) is 25.9. The number of benzene rings is 2. The van der Waals surface area contributed by atoms with E-state index in [1.807, 2.05) is 50.2 Å². The fourth-order valence-corrected chi connectivity index (χ4v) is 10.0. The van der Waals surface area contributed by atoms with Crippen molar-refractivity contribution >= 4 is 30.9 Å². The first-order valence-electron chi connectivity index (χ1n) is 12.4. The highest BCUT2D eigenvalue weighted by Crippen LogP contribution is 2.42. The van der Waals surface area contributed by atoms with E-state index in [0.717, 1.165) is 22.7 Å². The fourth-order valence-electron chi connectivity index (χ4n) is 5.46. The minimum Gasteiger partial charge on any atom is -0.478 e. The molecular formula is C28H35NO7Si. The smallest absolute Gasteiger partial charge is 0.328 e. The molecule has 2 heterocycles. The summed E-state index contributed by atoms with van der Waals surface area (Å²) >= 11 is 0. The van der Waals surface area contributed by atoms with Gasteiger partial charge in [0, 0.05) is 11.6 Å². The number of nitrogens with zero attached hydrogens (tertiary/aromatic N) is 1. The molecule has 9 heteroatoms. The molecule has 0 radical (unpaired) electrons. The van der Waals surface area contributed by atoms with E-state index in [1.54, 1.807) is 0 Å². The molecule has 0 saturated carbocycles. The molecule has 0 aromatic heterocycles. The molecule has 8 nitrogen and oxygen atoms in total. The molecule has 2 saturated heterocycles. The predicted molar refractivity (Wildman–Crippen MR) is 142 cm³/mol. The molecule has 0 aliphatic carbocycles. The van der Waals surface area contributed by atoms with Crippen LogP contribution in [0.5, 0.6) is 0 Å². The van der Waals surface area contributed by atoms with Crippen LogP contribution in [0.25, 0.3) is 0 Å². The lowest BCUT2D eigenvalue weighted by molar-refractivity contribution is -0.185. The van der Waals surface area contributed by atoms with E-state index >= 15 is 0 Å². The van der Waals surface area contributed by atoms with Crippen LogP contribution >= 0.6 is 0 Å². The molecule has 0 amide bonds. The predicted octanol–water partition coefficient (Wildman–Crippen LogP) is 3.32. The molecule has 2 aliphatic rings. The van der Waals surface area contributed by atoms with Gasteiger partial charge in [-0.15, -0.1) is 0 Å². The van der Waals surface area contributed by atoms with Crippen LogP contribution in [0, 0.1) is 0 Å². The number of carbonyl (C=O) groups is 1. The number of carboxylic acid groups (broad SMARTS) is 1. The largest absolute Gasteiger partial charge is 0.478 e. The number of ether oxygens (including phenoxy) is 3. The number of hydrogen-bond acceptors (Lipinski definition) is 7. The molecule has 37 heavy (non-hydrogen) atoms. The molecule has 0 spiro atoms. The van der Waals surface area contributed by atoms with E-state index in [-0.39, 0.29) is 17.2 Å². The summed E-state index contributed by atoms with van der Waals surface area (Å²) in [6.45, 7) is 10.4.